The Bertz CT molecular complexity index is 862. The lowest BCUT2D eigenvalue weighted by Crippen LogP contribution is -2.42. The molecule has 0 bridgehead atoms. The molecule has 1 saturated carbocycles. The molecule has 0 amide bonds. The molecule has 132 valence electrons. The fourth-order valence-corrected chi connectivity index (χ4v) is 3.58. The van der Waals surface area contributed by atoms with E-state index in [1.54, 1.807) is 13.4 Å². The Morgan fingerprint density at radius 3 is 2.54 bits per heavy atom. The van der Waals surface area contributed by atoms with Crippen LogP contribution in [0.2, 0.25) is 0 Å². The van der Waals surface area contributed by atoms with Crippen LogP contribution >= 0.6 is 0 Å². The summed E-state index contributed by atoms with van der Waals surface area (Å²) in [5.74, 6) is 0.239. The van der Waals surface area contributed by atoms with E-state index in [1.807, 2.05) is 25.3 Å². The summed E-state index contributed by atoms with van der Waals surface area (Å²) in [5.41, 5.74) is -0.293. The number of imidazole rings is 1. The second-order valence-electron chi connectivity index (χ2n) is 7.62. The van der Waals surface area contributed by atoms with Crippen molar-refractivity contribution in [1.29, 1.82) is 0 Å². The third-order valence-corrected chi connectivity index (χ3v) is 5.24. The van der Waals surface area contributed by atoms with Crippen molar-refractivity contribution >= 4 is 11.2 Å². The average Bonchev–Trinajstić information content (AvgIpc) is 2.96. The van der Waals surface area contributed by atoms with Crippen LogP contribution in [-0.4, -0.2) is 29.4 Å². The minimum Gasteiger partial charge on any atom is -0.390 e. The largest absolute Gasteiger partial charge is 0.390 e. The van der Waals surface area contributed by atoms with E-state index in [-0.39, 0.29) is 23.2 Å². The highest BCUT2D eigenvalue weighted by Crippen LogP contribution is 2.32. The number of aryl methyl sites for hydroxylation is 1. The van der Waals surface area contributed by atoms with Crippen LogP contribution in [-0.2, 0) is 13.6 Å². The molecular formula is C17H26N4O3. The van der Waals surface area contributed by atoms with Crippen LogP contribution < -0.4 is 11.2 Å². The second kappa shape index (κ2) is 5.88. The Hall–Kier alpha value is -1.89. The lowest BCUT2D eigenvalue weighted by Gasteiger charge is -2.33. The molecule has 7 heteroatoms. The zero-order chi connectivity index (χ0) is 17.6. The molecule has 7 nitrogen and oxygen atoms in total. The van der Waals surface area contributed by atoms with E-state index in [0.29, 0.717) is 30.6 Å². The first kappa shape index (κ1) is 17.0. The van der Waals surface area contributed by atoms with Crippen LogP contribution in [0, 0.1) is 5.92 Å². The number of rotatable bonds is 3. The normalized spacial score (nSPS) is 24.8. The fraction of sp³-hybridized carbons (Fsp3) is 0.706. The Kier molecular flexibility index (Phi) is 4.15. The van der Waals surface area contributed by atoms with Gasteiger partial charge in [-0.05, 0) is 52.4 Å². The molecule has 0 spiro atoms. The minimum absolute atomic E-state index is 0.0958. The first-order valence-electron chi connectivity index (χ1n) is 8.60. The molecule has 1 fully saturated rings. The second-order valence-corrected chi connectivity index (χ2v) is 7.62. The Morgan fingerprint density at radius 2 is 1.96 bits per heavy atom. The lowest BCUT2D eigenvalue weighted by molar-refractivity contribution is 0.00550. The molecule has 0 aromatic carbocycles. The maximum atomic E-state index is 12.9. The number of fused-ring (bicyclic) bond motifs is 1. The van der Waals surface area contributed by atoms with Crippen LogP contribution in [0.25, 0.3) is 11.2 Å². The van der Waals surface area contributed by atoms with E-state index in [9.17, 15) is 14.7 Å². The molecule has 0 saturated heterocycles. The van der Waals surface area contributed by atoms with Gasteiger partial charge in [0.1, 0.15) is 0 Å². The van der Waals surface area contributed by atoms with Gasteiger partial charge in [0.15, 0.2) is 11.2 Å². The number of aliphatic hydroxyl groups is 1. The van der Waals surface area contributed by atoms with Gasteiger partial charge in [0.05, 0.1) is 11.9 Å². The molecule has 0 aliphatic heterocycles. The number of aromatic nitrogens is 4. The molecule has 2 heterocycles. The van der Waals surface area contributed by atoms with Gasteiger partial charge >= 0.3 is 5.69 Å². The van der Waals surface area contributed by atoms with E-state index < -0.39 is 5.60 Å². The van der Waals surface area contributed by atoms with Crippen LogP contribution in [0.15, 0.2) is 15.9 Å². The van der Waals surface area contributed by atoms with Crippen molar-refractivity contribution in [3.05, 3.63) is 27.2 Å². The molecule has 0 atom stereocenters. The van der Waals surface area contributed by atoms with E-state index in [0.717, 1.165) is 12.8 Å². The topological polar surface area (TPSA) is 82.1 Å². The molecule has 24 heavy (non-hydrogen) atoms. The molecule has 3 rings (SSSR count). The van der Waals surface area contributed by atoms with E-state index in [1.165, 1.54) is 9.13 Å². The monoisotopic (exact) mass is 334 g/mol. The molecule has 2 aromatic rings. The summed E-state index contributed by atoms with van der Waals surface area (Å²) in [6, 6.07) is 0.0958. The van der Waals surface area contributed by atoms with Crippen LogP contribution in [0.5, 0.6) is 0 Å². The predicted molar refractivity (Wildman–Crippen MR) is 92.2 cm³/mol. The zero-order valence-electron chi connectivity index (χ0n) is 14.8. The van der Waals surface area contributed by atoms with Crippen molar-refractivity contribution < 1.29 is 5.11 Å². The van der Waals surface area contributed by atoms with Crippen molar-refractivity contribution in [3.8, 4) is 0 Å². The molecule has 0 unspecified atom stereocenters. The average molecular weight is 334 g/mol. The SMILES string of the molecule is CC(C)n1cnc2c1c(=O)n(CC1CCC(C)(O)CC1)c(=O)n2C. The summed E-state index contributed by atoms with van der Waals surface area (Å²) >= 11 is 0. The Labute approximate surface area is 140 Å². The highest BCUT2D eigenvalue weighted by Gasteiger charge is 2.29. The molecule has 1 aliphatic carbocycles. The molecule has 0 radical (unpaired) electrons. The molecule has 1 N–H and O–H groups in total. The lowest BCUT2D eigenvalue weighted by atomic mass is 9.80. The summed E-state index contributed by atoms with van der Waals surface area (Å²) in [6.07, 6.45) is 4.68. The molecule has 1 aliphatic rings. The Morgan fingerprint density at radius 1 is 1.33 bits per heavy atom. The van der Waals surface area contributed by atoms with Crippen molar-refractivity contribution in [2.75, 3.05) is 0 Å². The van der Waals surface area contributed by atoms with Gasteiger partial charge in [0, 0.05) is 19.6 Å². The zero-order valence-corrected chi connectivity index (χ0v) is 14.8. The van der Waals surface area contributed by atoms with Gasteiger partial charge in [-0.15, -0.1) is 0 Å². The van der Waals surface area contributed by atoms with Gasteiger partial charge in [0.25, 0.3) is 5.56 Å². The van der Waals surface area contributed by atoms with Crippen molar-refractivity contribution in [3.63, 3.8) is 0 Å². The number of hydrogen-bond donors (Lipinski definition) is 1. The predicted octanol–water partition coefficient (Wildman–Crippen LogP) is 1.42. The maximum absolute atomic E-state index is 12.9. The highest BCUT2D eigenvalue weighted by molar-refractivity contribution is 5.70. The van der Waals surface area contributed by atoms with E-state index in [4.69, 9.17) is 0 Å². The smallest absolute Gasteiger partial charge is 0.332 e. The summed E-state index contributed by atoms with van der Waals surface area (Å²) in [5, 5.41) is 10.1. The van der Waals surface area contributed by atoms with Gasteiger partial charge in [-0.3, -0.25) is 13.9 Å². The number of hydrogen-bond acceptors (Lipinski definition) is 4. The van der Waals surface area contributed by atoms with Crippen LogP contribution in [0.1, 0.15) is 52.5 Å². The maximum Gasteiger partial charge on any atom is 0.332 e. The Balaban J connectivity index is 2.04. The summed E-state index contributed by atoms with van der Waals surface area (Å²) < 4.78 is 4.61. The first-order chi connectivity index (χ1) is 11.2. The van der Waals surface area contributed by atoms with Crippen LogP contribution in [0.4, 0.5) is 0 Å². The third-order valence-electron chi connectivity index (χ3n) is 5.24. The minimum atomic E-state index is -0.618. The first-order valence-corrected chi connectivity index (χ1v) is 8.60. The summed E-state index contributed by atoms with van der Waals surface area (Å²) in [6.45, 7) is 6.22. The standard InChI is InChI=1S/C17H26N4O3/c1-11(2)21-10-18-14-13(21)15(22)20(16(23)19(14)4)9-12-5-7-17(3,24)8-6-12/h10-12,24H,5-9H2,1-4H3. The van der Waals surface area contributed by atoms with Crippen molar-refractivity contribution in [2.45, 2.75) is 64.6 Å². The molecule has 2 aromatic heterocycles. The summed E-state index contributed by atoms with van der Waals surface area (Å²) in [7, 11) is 1.66. The van der Waals surface area contributed by atoms with Crippen molar-refractivity contribution in [2.24, 2.45) is 13.0 Å². The fourth-order valence-electron chi connectivity index (χ4n) is 3.58. The van der Waals surface area contributed by atoms with Crippen LogP contribution in [0.3, 0.4) is 0 Å². The highest BCUT2D eigenvalue weighted by atomic mass is 16.3. The molecular weight excluding hydrogens is 308 g/mol. The van der Waals surface area contributed by atoms with Gasteiger partial charge in [0.2, 0.25) is 0 Å². The van der Waals surface area contributed by atoms with Gasteiger partial charge in [-0.2, -0.15) is 0 Å². The van der Waals surface area contributed by atoms with Gasteiger partial charge in [-0.1, -0.05) is 0 Å². The van der Waals surface area contributed by atoms with Gasteiger partial charge < -0.3 is 9.67 Å². The van der Waals surface area contributed by atoms with Gasteiger partial charge in [-0.25, -0.2) is 9.78 Å². The third kappa shape index (κ3) is 2.81. The quantitative estimate of drug-likeness (QED) is 0.920. The summed E-state index contributed by atoms with van der Waals surface area (Å²) in [4.78, 5) is 29.8. The van der Waals surface area contributed by atoms with Crippen molar-refractivity contribution in [1.82, 2.24) is 18.7 Å². The van der Waals surface area contributed by atoms with E-state index in [2.05, 4.69) is 4.98 Å². The number of nitrogens with zero attached hydrogens (tertiary/aromatic N) is 4. The van der Waals surface area contributed by atoms with E-state index >= 15 is 0 Å².